The normalized spacial score (nSPS) is 23.0. The molecular weight excluding hydrogens is 322 g/mol. The van der Waals surface area contributed by atoms with E-state index in [1.54, 1.807) is 13.1 Å². The van der Waals surface area contributed by atoms with Crippen molar-refractivity contribution < 1.29 is 13.2 Å². The van der Waals surface area contributed by atoms with E-state index in [0.717, 1.165) is 46.9 Å². The summed E-state index contributed by atoms with van der Waals surface area (Å²) in [5, 5.41) is 1.64. The van der Waals surface area contributed by atoms with Crippen LogP contribution in [-0.2, 0) is 28.3 Å². The van der Waals surface area contributed by atoms with Gasteiger partial charge in [-0.3, -0.25) is 9.78 Å². The topological polar surface area (TPSA) is 64.1 Å². The molecule has 0 amide bonds. The Labute approximate surface area is 143 Å². The molecule has 1 fully saturated rings. The number of hydrogen-bond acceptors (Lipinski definition) is 4. The first-order valence-electron chi connectivity index (χ1n) is 8.55. The number of carbonyl (C=O) groups excluding carboxylic acids is 1. The molecule has 1 unspecified atom stereocenters. The molecule has 126 valence electrons. The highest BCUT2D eigenvalue weighted by molar-refractivity contribution is 7.72. The van der Waals surface area contributed by atoms with Crippen LogP contribution in [0.5, 0.6) is 0 Å². The lowest BCUT2D eigenvalue weighted by Crippen LogP contribution is -2.29. The fourth-order valence-electron chi connectivity index (χ4n) is 4.07. The van der Waals surface area contributed by atoms with E-state index in [-0.39, 0.29) is 5.78 Å². The molecule has 24 heavy (non-hydrogen) atoms. The van der Waals surface area contributed by atoms with Gasteiger partial charge in [0.05, 0.1) is 4.90 Å². The van der Waals surface area contributed by atoms with E-state index in [0.29, 0.717) is 23.7 Å². The highest BCUT2D eigenvalue weighted by Gasteiger charge is 2.41. The van der Waals surface area contributed by atoms with Crippen LogP contribution in [0.3, 0.4) is 0 Å². The summed E-state index contributed by atoms with van der Waals surface area (Å²) in [6.45, 7) is 3.63. The standard InChI is InChI=1S/C19H21NO3S/c1-3-19(11(2)21)8-13-6-14-10-20-17(12-4-5-12)7-15(14)18(24(22)23)16(13)9-19/h6-7,10,12,24H,3-5,8-9H2,1-2H3. The fraction of sp³-hybridized carbons (Fsp3) is 0.474. The smallest absolute Gasteiger partial charge is 0.169 e. The molecule has 1 saturated carbocycles. The van der Waals surface area contributed by atoms with Crippen LogP contribution >= 0.6 is 0 Å². The Morgan fingerprint density at radius 2 is 2.04 bits per heavy atom. The van der Waals surface area contributed by atoms with Crippen molar-refractivity contribution in [3.8, 4) is 0 Å². The van der Waals surface area contributed by atoms with Crippen LogP contribution in [0.4, 0.5) is 0 Å². The van der Waals surface area contributed by atoms with Crippen molar-refractivity contribution in [2.75, 3.05) is 0 Å². The molecule has 2 aliphatic rings. The van der Waals surface area contributed by atoms with Gasteiger partial charge in [0.25, 0.3) is 0 Å². The van der Waals surface area contributed by atoms with Gasteiger partial charge in [0, 0.05) is 34.0 Å². The number of carbonyl (C=O) groups is 1. The number of rotatable bonds is 4. The SMILES string of the molecule is CCC1(C(C)=O)Cc2cc3cnc(C4CC4)cc3c([SH](=O)=O)c2C1. The molecule has 1 atom stereocenters. The van der Waals surface area contributed by atoms with E-state index in [9.17, 15) is 13.2 Å². The summed E-state index contributed by atoms with van der Waals surface area (Å²) in [7, 11) is -2.71. The molecule has 0 saturated heterocycles. The molecule has 0 aliphatic heterocycles. The molecule has 0 bridgehead atoms. The van der Waals surface area contributed by atoms with Crippen molar-refractivity contribution in [1.82, 2.24) is 4.98 Å². The summed E-state index contributed by atoms with van der Waals surface area (Å²) in [6.07, 6.45) is 5.95. The number of nitrogens with zero attached hydrogens (tertiary/aromatic N) is 1. The lowest BCUT2D eigenvalue weighted by atomic mass is 9.78. The largest absolute Gasteiger partial charge is 0.299 e. The van der Waals surface area contributed by atoms with E-state index in [1.165, 1.54) is 0 Å². The van der Waals surface area contributed by atoms with E-state index < -0.39 is 16.1 Å². The minimum Gasteiger partial charge on any atom is -0.299 e. The molecule has 1 aromatic carbocycles. The van der Waals surface area contributed by atoms with Gasteiger partial charge in [-0.2, -0.15) is 0 Å². The van der Waals surface area contributed by atoms with Crippen LogP contribution in [0.1, 0.15) is 55.8 Å². The average Bonchev–Trinajstić information content (AvgIpc) is 3.32. The van der Waals surface area contributed by atoms with E-state index in [4.69, 9.17) is 0 Å². The number of thiol groups is 1. The van der Waals surface area contributed by atoms with Crippen LogP contribution < -0.4 is 0 Å². The van der Waals surface area contributed by atoms with E-state index >= 15 is 0 Å². The second kappa shape index (κ2) is 5.38. The number of hydrogen-bond donors (Lipinski definition) is 1. The van der Waals surface area contributed by atoms with Crippen molar-refractivity contribution in [3.63, 3.8) is 0 Å². The van der Waals surface area contributed by atoms with E-state index in [1.807, 2.05) is 19.1 Å². The Hall–Kier alpha value is -1.75. The van der Waals surface area contributed by atoms with Crippen molar-refractivity contribution in [1.29, 1.82) is 0 Å². The predicted molar refractivity (Wildman–Crippen MR) is 93.1 cm³/mol. The predicted octanol–water partition coefficient (Wildman–Crippen LogP) is 3.17. The third-order valence-corrected chi connectivity index (χ3v) is 6.74. The van der Waals surface area contributed by atoms with Gasteiger partial charge in [-0.1, -0.05) is 6.92 Å². The highest BCUT2D eigenvalue weighted by Crippen LogP contribution is 2.45. The monoisotopic (exact) mass is 343 g/mol. The molecule has 5 heteroatoms. The zero-order valence-corrected chi connectivity index (χ0v) is 14.9. The van der Waals surface area contributed by atoms with Crippen molar-refractivity contribution in [2.45, 2.75) is 56.8 Å². The van der Waals surface area contributed by atoms with Gasteiger partial charge in [-0.25, -0.2) is 8.42 Å². The molecule has 0 radical (unpaired) electrons. The number of Topliss-reactive ketones (excluding diaryl/α,β-unsaturated/α-hetero) is 1. The summed E-state index contributed by atoms with van der Waals surface area (Å²) in [5.41, 5.74) is 2.39. The second-order valence-electron chi connectivity index (χ2n) is 7.27. The number of aromatic nitrogens is 1. The second-order valence-corrected chi connectivity index (χ2v) is 8.23. The van der Waals surface area contributed by atoms with Gasteiger partial charge in [-0.05, 0) is 62.3 Å². The number of pyridine rings is 1. The third kappa shape index (κ3) is 2.29. The van der Waals surface area contributed by atoms with Gasteiger partial charge in [0.2, 0.25) is 0 Å². The molecule has 2 aromatic rings. The minimum atomic E-state index is -2.71. The quantitative estimate of drug-likeness (QED) is 0.866. The number of fused-ring (bicyclic) bond motifs is 2. The van der Waals surface area contributed by atoms with Gasteiger partial charge < -0.3 is 0 Å². The maximum Gasteiger partial charge on any atom is 0.169 e. The van der Waals surface area contributed by atoms with E-state index in [2.05, 4.69) is 4.98 Å². The Bertz CT molecular complexity index is 935. The Morgan fingerprint density at radius 1 is 1.29 bits per heavy atom. The van der Waals surface area contributed by atoms with Crippen LogP contribution in [0.25, 0.3) is 10.8 Å². The first kappa shape index (κ1) is 15.8. The van der Waals surface area contributed by atoms with Gasteiger partial charge in [0.15, 0.2) is 10.7 Å². The molecule has 2 aliphatic carbocycles. The fourth-order valence-corrected chi connectivity index (χ4v) is 4.90. The summed E-state index contributed by atoms with van der Waals surface area (Å²) < 4.78 is 24.1. The molecule has 4 nitrogen and oxygen atoms in total. The van der Waals surface area contributed by atoms with Crippen LogP contribution in [0.2, 0.25) is 0 Å². The molecular formula is C19H21NO3S. The maximum atomic E-state index is 12.2. The molecule has 0 spiro atoms. The van der Waals surface area contributed by atoms with Gasteiger partial charge in [-0.15, -0.1) is 0 Å². The van der Waals surface area contributed by atoms with Crippen LogP contribution in [0.15, 0.2) is 23.2 Å². The minimum absolute atomic E-state index is 0.147. The van der Waals surface area contributed by atoms with Crippen molar-refractivity contribution in [3.05, 3.63) is 35.2 Å². The highest BCUT2D eigenvalue weighted by atomic mass is 32.2. The summed E-state index contributed by atoms with van der Waals surface area (Å²) in [5.74, 6) is 0.626. The van der Waals surface area contributed by atoms with Gasteiger partial charge in [0.1, 0.15) is 5.78 Å². The zero-order valence-electron chi connectivity index (χ0n) is 14.0. The number of ketones is 1. The Morgan fingerprint density at radius 3 is 2.62 bits per heavy atom. The molecule has 1 aromatic heterocycles. The summed E-state index contributed by atoms with van der Waals surface area (Å²) >= 11 is 0. The van der Waals surface area contributed by atoms with Crippen LogP contribution in [-0.4, -0.2) is 19.2 Å². The molecule has 4 rings (SSSR count). The maximum absolute atomic E-state index is 12.2. The van der Waals surface area contributed by atoms with Crippen molar-refractivity contribution >= 4 is 27.3 Å². The average molecular weight is 343 g/mol. The number of benzene rings is 1. The van der Waals surface area contributed by atoms with Gasteiger partial charge >= 0.3 is 0 Å². The molecule has 1 heterocycles. The third-order valence-electron chi connectivity index (χ3n) is 5.86. The first-order valence-corrected chi connectivity index (χ1v) is 9.73. The summed E-state index contributed by atoms with van der Waals surface area (Å²) in [4.78, 5) is 17.2. The lowest BCUT2D eigenvalue weighted by Gasteiger charge is -2.23. The first-order chi connectivity index (χ1) is 11.4. The lowest BCUT2D eigenvalue weighted by molar-refractivity contribution is -0.126. The van der Waals surface area contributed by atoms with Crippen molar-refractivity contribution in [2.24, 2.45) is 5.41 Å². The molecule has 0 N–H and O–H groups in total. The van der Waals surface area contributed by atoms with Crippen LogP contribution in [0, 0.1) is 5.41 Å². The summed E-state index contributed by atoms with van der Waals surface area (Å²) in [6, 6.07) is 3.99. The zero-order chi connectivity index (χ0) is 17.1. The Kier molecular flexibility index (Phi) is 3.53. The Balaban J connectivity index is 1.97.